The van der Waals surface area contributed by atoms with Crippen LogP contribution in [0.1, 0.15) is 46.5 Å². The van der Waals surface area contributed by atoms with Crippen LogP contribution in [0.5, 0.6) is 0 Å². The van der Waals surface area contributed by atoms with E-state index in [1.54, 1.807) is 13.1 Å². The molecule has 3 N–H and O–H groups in total. The van der Waals surface area contributed by atoms with Gasteiger partial charge in [-0.1, -0.05) is 24.2 Å². The maximum absolute atomic E-state index is 12.8. The Morgan fingerprint density at radius 1 is 1.25 bits per heavy atom. The monoisotopic (exact) mass is 474 g/mol. The maximum atomic E-state index is 12.8. The third-order valence-electron chi connectivity index (χ3n) is 4.85. The lowest BCUT2D eigenvalue weighted by molar-refractivity contribution is 0.0687. The van der Waals surface area contributed by atoms with E-state index in [9.17, 15) is 19.5 Å². The van der Waals surface area contributed by atoms with Gasteiger partial charge in [-0.15, -0.1) is 5.10 Å². The minimum absolute atomic E-state index is 0.0152. The summed E-state index contributed by atoms with van der Waals surface area (Å²) in [4.78, 5) is 44.9. The first-order valence-corrected chi connectivity index (χ1v) is 11.3. The zero-order chi connectivity index (χ0) is 22.7. The molecule has 3 aromatic rings. The number of thiazole rings is 1. The van der Waals surface area contributed by atoms with Gasteiger partial charge in [0.1, 0.15) is 4.21 Å². The number of nitrogens with one attached hydrogen (secondary N) is 2. The number of Topliss-reactive ketones (excluding diaryl/α,β-unsaturated/α-hetero) is 1. The number of carbonyl (C=O) groups is 3. The van der Waals surface area contributed by atoms with Crippen molar-refractivity contribution in [1.82, 2.24) is 30.2 Å². The molecule has 4 rings (SSSR count). The first-order valence-electron chi connectivity index (χ1n) is 9.63. The van der Waals surface area contributed by atoms with Crippen LogP contribution < -0.4 is 10.6 Å². The molecule has 2 amide bonds. The smallest absolute Gasteiger partial charge is 0.356 e. The molecule has 12 nitrogen and oxygen atoms in total. The SMILES string of the molecule is Cn1nnnc1Sc1sc(NC(=O)Nc2cnccc2C(=O)C2CCCC2)nc1C(=O)O. The van der Waals surface area contributed by atoms with Crippen LogP contribution in [0.2, 0.25) is 0 Å². The van der Waals surface area contributed by atoms with Crippen molar-refractivity contribution in [1.29, 1.82) is 0 Å². The van der Waals surface area contributed by atoms with E-state index in [1.807, 2.05) is 0 Å². The number of carboxylic acid groups (broad SMARTS) is 1. The molecule has 0 bridgehead atoms. The van der Waals surface area contributed by atoms with Gasteiger partial charge in [0.2, 0.25) is 5.16 Å². The molecule has 14 heteroatoms. The van der Waals surface area contributed by atoms with Gasteiger partial charge in [-0.3, -0.25) is 15.1 Å². The predicted octanol–water partition coefficient (Wildman–Crippen LogP) is 2.93. The Hall–Kier alpha value is -3.39. The lowest BCUT2D eigenvalue weighted by Crippen LogP contribution is -2.22. The van der Waals surface area contributed by atoms with Gasteiger partial charge in [0.05, 0.1) is 11.9 Å². The Kier molecular flexibility index (Phi) is 6.41. The number of nitrogens with zero attached hydrogens (tertiary/aromatic N) is 6. The van der Waals surface area contributed by atoms with E-state index in [0.717, 1.165) is 48.8 Å². The number of tetrazole rings is 1. The number of rotatable bonds is 7. The number of pyridine rings is 1. The van der Waals surface area contributed by atoms with Crippen LogP contribution in [0.25, 0.3) is 0 Å². The number of ketones is 1. The average Bonchev–Trinajstić information content (AvgIpc) is 3.51. The molecule has 32 heavy (non-hydrogen) atoms. The number of aromatic carboxylic acids is 1. The molecular formula is C18H18N8O4S2. The van der Waals surface area contributed by atoms with E-state index in [4.69, 9.17) is 0 Å². The highest BCUT2D eigenvalue weighted by Gasteiger charge is 2.26. The highest BCUT2D eigenvalue weighted by molar-refractivity contribution is 8.01. The zero-order valence-electron chi connectivity index (χ0n) is 16.8. The molecule has 0 spiro atoms. The van der Waals surface area contributed by atoms with Crippen LogP contribution in [0.4, 0.5) is 15.6 Å². The number of carbonyl (C=O) groups excluding carboxylic acids is 2. The molecule has 0 aliphatic heterocycles. The van der Waals surface area contributed by atoms with E-state index in [1.165, 1.54) is 17.1 Å². The highest BCUT2D eigenvalue weighted by Crippen LogP contribution is 2.36. The number of amides is 2. The van der Waals surface area contributed by atoms with Gasteiger partial charge in [0.25, 0.3) is 0 Å². The van der Waals surface area contributed by atoms with Crippen molar-refractivity contribution in [3.63, 3.8) is 0 Å². The van der Waals surface area contributed by atoms with Crippen LogP contribution in [-0.2, 0) is 7.05 Å². The number of hydrogen-bond acceptors (Lipinski definition) is 10. The van der Waals surface area contributed by atoms with Crippen molar-refractivity contribution in [2.24, 2.45) is 13.0 Å². The van der Waals surface area contributed by atoms with Crippen LogP contribution in [0, 0.1) is 5.92 Å². The number of carboxylic acids is 1. The van der Waals surface area contributed by atoms with E-state index in [2.05, 4.69) is 36.1 Å². The molecule has 3 aromatic heterocycles. The van der Waals surface area contributed by atoms with Gasteiger partial charge in [-0.2, -0.15) is 0 Å². The second-order valence-electron chi connectivity index (χ2n) is 6.99. The molecule has 166 valence electrons. The Morgan fingerprint density at radius 3 is 2.72 bits per heavy atom. The van der Waals surface area contributed by atoms with Gasteiger partial charge in [0.15, 0.2) is 16.6 Å². The minimum Gasteiger partial charge on any atom is -0.476 e. The van der Waals surface area contributed by atoms with Gasteiger partial charge in [-0.25, -0.2) is 19.3 Å². The normalized spacial score (nSPS) is 13.8. The van der Waals surface area contributed by atoms with Crippen molar-refractivity contribution in [2.75, 3.05) is 10.6 Å². The highest BCUT2D eigenvalue weighted by atomic mass is 32.2. The Morgan fingerprint density at radius 2 is 2.03 bits per heavy atom. The molecule has 1 aliphatic rings. The second-order valence-corrected chi connectivity index (χ2v) is 9.23. The topological polar surface area (TPSA) is 165 Å². The largest absolute Gasteiger partial charge is 0.476 e. The minimum atomic E-state index is -1.25. The molecule has 1 aliphatic carbocycles. The summed E-state index contributed by atoms with van der Waals surface area (Å²) in [6, 6.07) is 0.923. The number of aryl methyl sites for hydroxylation is 1. The fourth-order valence-electron chi connectivity index (χ4n) is 3.32. The van der Waals surface area contributed by atoms with Crippen LogP contribution in [-0.4, -0.2) is 53.1 Å². The van der Waals surface area contributed by atoms with Crippen LogP contribution >= 0.6 is 23.1 Å². The van der Waals surface area contributed by atoms with E-state index in [-0.39, 0.29) is 28.2 Å². The first kappa shape index (κ1) is 21.8. The third-order valence-corrected chi connectivity index (χ3v) is 7.02. The average molecular weight is 475 g/mol. The molecule has 1 saturated carbocycles. The standard InChI is InChI=1S/C18H18N8O4S2/c1-26-18(23-24-25-26)32-15-12(14(28)29)21-17(31-15)22-16(30)20-11-8-19-7-6-10(11)13(27)9-4-2-3-5-9/h6-9H,2-5H2,1H3,(H,28,29)(H2,20,21,22,30). The number of urea groups is 1. The van der Waals surface area contributed by atoms with Crippen LogP contribution in [0.15, 0.2) is 27.8 Å². The molecule has 0 atom stereocenters. The number of anilines is 2. The van der Waals surface area contributed by atoms with Gasteiger partial charge < -0.3 is 10.4 Å². The summed E-state index contributed by atoms with van der Waals surface area (Å²) in [5.41, 5.74) is 0.465. The van der Waals surface area contributed by atoms with Gasteiger partial charge in [-0.05, 0) is 41.1 Å². The van der Waals surface area contributed by atoms with Gasteiger partial charge >= 0.3 is 12.0 Å². The fourth-order valence-corrected chi connectivity index (χ4v) is 5.28. The Balaban J connectivity index is 1.49. The lowest BCUT2D eigenvalue weighted by Gasteiger charge is -2.13. The van der Waals surface area contributed by atoms with E-state index in [0.29, 0.717) is 14.9 Å². The first-order chi connectivity index (χ1) is 15.4. The molecular weight excluding hydrogens is 456 g/mol. The predicted molar refractivity (Wildman–Crippen MR) is 115 cm³/mol. The third kappa shape index (κ3) is 4.75. The molecule has 1 fully saturated rings. The summed E-state index contributed by atoms with van der Waals surface area (Å²) >= 11 is 2.00. The van der Waals surface area contributed by atoms with E-state index >= 15 is 0 Å². The summed E-state index contributed by atoms with van der Waals surface area (Å²) in [5.74, 6) is -1.31. The molecule has 0 radical (unpaired) electrons. The maximum Gasteiger partial charge on any atom is 0.356 e. The summed E-state index contributed by atoms with van der Waals surface area (Å²) < 4.78 is 1.70. The number of hydrogen-bond donors (Lipinski definition) is 3. The summed E-state index contributed by atoms with van der Waals surface area (Å²) in [5, 5.41) is 26.0. The Bertz CT molecular complexity index is 1170. The quantitative estimate of drug-likeness (QED) is 0.433. The summed E-state index contributed by atoms with van der Waals surface area (Å²) in [7, 11) is 1.62. The summed E-state index contributed by atoms with van der Waals surface area (Å²) in [6.07, 6.45) is 6.64. The number of aromatic nitrogens is 6. The lowest BCUT2D eigenvalue weighted by atomic mass is 9.96. The van der Waals surface area contributed by atoms with Crippen LogP contribution in [0.3, 0.4) is 0 Å². The Labute approximate surface area is 189 Å². The molecule has 3 heterocycles. The van der Waals surface area contributed by atoms with Crippen molar-refractivity contribution in [3.05, 3.63) is 29.7 Å². The molecule has 0 unspecified atom stereocenters. The van der Waals surface area contributed by atoms with Crippen molar-refractivity contribution < 1.29 is 19.5 Å². The fraction of sp³-hybridized carbons (Fsp3) is 0.333. The zero-order valence-corrected chi connectivity index (χ0v) is 18.4. The molecule has 0 aromatic carbocycles. The van der Waals surface area contributed by atoms with Crippen molar-refractivity contribution >= 4 is 51.7 Å². The molecule has 0 saturated heterocycles. The summed E-state index contributed by atoms with van der Waals surface area (Å²) in [6.45, 7) is 0. The van der Waals surface area contributed by atoms with Gasteiger partial charge in [0, 0.05) is 24.7 Å². The van der Waals surface area contributed by atoms with Crippen molar-refractivity contribution in [2.45, 2.75) is 35.0 Å². The van der Waals surface area contributed by atoms with Crippen molar-refractivity contribution in [3.8, 4) is 0 Å². The van der Waals surface area contributed by atoms with E-state index < -0.39 is 12.0 Å². The second kappa shape index (κ2) is 9.40.